The highest BCUT2D eigenvalue weighted by Crippen LogP contribution is 2.28. The summed E-state index contributed by atoms with van der Waals surface area (Å²) in [6, 6.07) is 10.9. The van der Waals surface area contributed by atoms with Gasteiger partial charge in [-0.25, -0.2) is 0 Å². The molecule has 1 aromatic carbocycles. The van der Waals surface area contributed by atoms with Gasteiger partial charge in [-0.3, -0.25) is 9.88 Å². The summed E-state index contributed by atoms with van der Waals surface area (Å²) >= 11 is 0. The molecule has 1 aromatic heterocycles. The fourth-order valence-corrected chi connectivity index (χ4v) is 3.58. The van der Waals surface area contributed by atoms with Crippen LogP contribution >= 0.6 is 0 Å². The largest absolute Gasteiger partial charge is 0.373 e. The molecule has 2 aromatic rings. The van der Waals surface area contributed by atoms with Gasteiger partial charge in [-0.1, -0.05) is 12.1 Å². The Hall–Kier alpha value is -1.49. The first-order valence-corrected chi connectivity index (χ1v) is 7.77. The Kier molecular flexibility index (Phi) is 3.37. The van der Waals surface area contributed by atoms with Crippen LogP contribution in [-0.4, -0.2) is 41.7 Å². The van der Waals surface area contributed by atoms with Crippen LogP contribution in [0.15, 0.2) is 36.5 Å². The van der Waals surface area contributed by atoms with Gasteiger partial charge in [0.05, 0.1) is 24.3 Å². The van der Waals surface area contributed by atoms with Gasteiger partial charge < -0.3 is 10.5 Å². The minimum atomic E-state index is -0.0730. The van der Waals surface area contributed by atoms with Gasteiger partial charge in [0.2, 0.25) is 0 Å². The zero-order chi connectivity index (χ0) is 14.2. The molecule has 4 nitrogen and oxygen atoms in total. The van der Waals surface area contributed by atoms with Crippen molar-refractivity contribution in [3.63, 3.8) is 0 Å². The summed E-state index contributed by atoms with van der Waals surface area (Å²) in [6.45, 7) is 2.98. The molecule has 0 amide bonds. The number of hydrogen-bond acceptors (Lipinski definition) is 4. The van der Waals surface area contributed by atoms with E-state index in [9.17, 15) is 0 Å². The van der Waals surface area contributed by atoms with Gasteiger partial charge in [0.25, 0.3) is 0 Å². The van der Waals surface area contributed by atoms with Crippen LogP contribution in [0.25, 0.3) is 10.9 Å². The molecule has 3 unspecified atom stereocenters. The van der Waals surface area contributed by atoms with Crippen LogP contribution in [0.3, 0.4) is 0 Å². The van der Waals surface area contributed by atoms with Gasteiger partial charge in [-0.15, -0.1) is 0 Å². The van der Waals surface area contributed by atoms with Gasteiger partial charge >= 0.3 is 0 Å². The number of aromatic nitrogens is 1. The molecular weight excluding hydrogens is 262 g/mol. The van der Waals surface area contributed by atoms with Crippen molar-refractivity contribution < 1.29 is 4.74 Å². The van der Waals surface area contributed by atoms with Crippen LogP contribution in [0.4, 0.5) is 0 Å². The molecule has 2 N–H and O–H groups in total. The van der Waals surface area contributed by atoms with E-state index in [-0.39, 0.29) is 12.1 Å². The quantitative estimate of drug-likeness (QED) is 0.917. The molecule has 0 radical (unpaired) electrons. The van der Waals surface area contributed by atoms with E-state index in [0.29, 0.717) is 6.04 Å². The van der Waals surface area contributed by atoms with Crippen molar-refractivity contribution in [3.05, 3.63) is 42.1 Å². The lowest BCUT2D eigenvalue weighted by atomic mass is 9.98. The highest BCUT2D eigenvalue weighted by Gasteiger charge is 2.35. The minimum Gasteiger partial charge on any atom is -0.373 e. The maximum atomic E-state index is 6.47. The number of nitrogens with zero attached hydrogens (tertiary/aromatic N) is 2. The number of ether oxygens (including phenoxy) is 1. The van der Waals surface area contributed by atoms with E-state index in [1.54, 1.807) is 0 Å². The number of morpholine rings is 1. The lowest BCUT2D eigenvalue weighted by Crippen LogP contribution is -2.49. The maximum absolute atomic E-state index is 6.47. The van der Waals surface area contributed by atoms with Crippen LogP contribution < -0.4 is 5.73 Å². The summed E-state index contributed by atoms with van der Waals surface area (Å²) in [5.41, 5.74) is 8.62. The van der Waals surface area contributed by atoms with Crippen LogP contribution in [0.1, 0.15) is 24.4 Å². The zero-order valence-electron chi connectivity index (χ0n) is 12.1. The van der Waals surface area contributed by atoms with E-state index in [4.69, 9.17) is 10.5 Å². The Bertz CT molecular complexity index is 645. The Balaban J connectivity index is 1.56. The van der Waals surface area contributed by atoms with Crippen molar-refractivity contribution in [1.82, 2.24) is 9.88 Å². The second-order valence-electron chi connectivity index (χ2n) is 6.14. The number of hydrogen-bond donors (Lipinski definition) is 1. The van der Waals surface area contributed by atoms with Crippen LogP contribution in [0, 0.1) is 0 Å². The molecular formula is C17H21N3O. The number of rotatable bonds is 2. The normalized spacial score (nSPS) is 27.7. The number of pyridine rings is 1. The molecule has 0 spiro atoms. The smallest absolute Gasteiger partial charge is 0.0895 e. The lowest BCUT2D eigenvalue weighted by Gasteiger charge is -2.37. The Morgan fingerprint density at radius 1 is 1.33 bits per heavy atom. The van der Waals surface area contributed by atoms with Crippen molar-refractivity contribution in [2.45, 2.75) is 31.0 Å². The van der Waals surface area contributed by atoms with Crippen LogP contribution in [0.2, 0.25) is 0 Å². The van der Waals surface area contributed by atoms with E-state index in [2.05, 4.69) is 28.1 Å². The van der Waals surface area contributed by atoms with Gasteiger partial charge in [-0.05, 0) is 43.1 Å². The summed E-state index contributed by atoms with van der Waals surface area (Å²) in [7, 11) is 0. The van der Waals surface area contributed by atoms with Crippen molar-refractivity contribution in [3.8, 4) is 0 Å². The number of nitrogens with two attached hydrogens (primary N) is 1. The van der Waals surface area contributed by atoms with Crippen molar-refractivity contribution in [2.75, 3.05) is 19.7 Å². The van der Waals surface area contributed by atoms with E-state index in [1.807, 2.05) is 18.3 Å². The molecule has 4 rings (SSSR count). The zero-order valence-corrected chi connectivity index (χ0v) is 12.1. The third kappa shape index (κ3) is 2.44. The summed E-state index contributed by atoms with van der Waals surface area (Å²) in [4.78, 5) is 6.90. The molecule has 2 aliphatic heterocycles. The van der Waals surface area contributed by atoms with Gasteiger partial charge in [0, 0.05) is 24.2 Å². The predicted molar refractivity (Wildman–Crippen MR) is 83.0 cm³/mol. The molecule has 0 bridgehead atoms. The number of benzene rings is 1. The molecule has 3 atom stereocenters. The molecule has 0 aliphatic carbocycles. The Labute approximate surface area is 124 Å². The molecule has 2 fully saturated rings. The standard InChI is InChI=1S/C17H21N3O/c18-17(16-10-20-8-2-4-14(20)11-21-16)13-5-6-15-12(9-13)3-1-7-19-15/h1,3,5-7,9,14,16-17H,2,4,8,10-11,18H2. The van der Waals surface area contributed by atoms with E-state index in [0.717, 1.165) is 29.6 Å². The first-order valence-electron chi connectivity index (χ1n) is 7.77. The van der Waals surface area contributed by atoms with Crippen molar-refractivity contribution >= 4 is 10.9 Å². The molecule has 3 heterocycles. The molecule has 4 heteroatoms. The third-order valence-electron chi connectivity index (χ3n) is 4.83. The fraction of sp³-hybridized carbons (Fsp3) is 0.471. The topological polar surface area (TPSA) is 51.4 Å². The van der Waals surface area contributed by atoms with Crippen molar-refractivity contribution in [1.29, 1.82) is 0 Å². The summed E-state index contributed by atoms with van der Waals surface area (Å²) in [6.07, 6.45) is 4.47. The molecule has 2 aliphatic rings. The van der Waals surface area contributed by atoms with E-state index < -0.39 is 0 Å². The lowest BCUT2D eigenvalue weighted by molar-refractivity contribution is -0.0596. The fourth-order valence-electron chi connectivity index (χ4n) is 3.58. The SMILES string of the molecule is NC(c1ccc2ncccc2c1)C1CN2CCCC2CO1. The summed E-state index contributed by atoms with van der Waals surface area (Å²) in [5, 5.41) is 1.14. The van der Waals surface area contributed by atoms with Gasteiger partial charge in [0.1, 0.15) is 0 Å². The molecule has 110 valence electrons. The van der Waals surface area contributed by atoms with Crippen molar-refractivity contribution in [2.24, 2.45) is 5.73 Å². The molecule has 21 heavy (non-hydrogen) atoms. The monoisotopic (exact) mass is 283 g/mol. The molecule has 2 saturated heterocycles. The first-order chi connectivity index (χ1) is 10.3. The van der Waals surface area contributed by atoms with E-state index in [1.165, 1.54) is 19.4 Å². The van der Waals surface area contributed by atoms with Crippen LogP contribution in [0.5, 0.6) is 0 Å². The van der Waals surface area contributed by atoms with E-state index >= 15 is 0 Å². The predicted octanol–water partition coefficient (Wildman–Crippen LogP) is 2.10. The maximum Gasteiger partial charge on any atom is 0.0895 e. The minimum absolute atomic E-state index is 0.0730. The number of fused-ring (bicyclic) bond motifs is 2. The van der Waals surface area contributed by atoms with Gasteiger partial charge in [0.15, 0.2) is 0 Å². The van der Waals surface area contributed by atoms with Gasteiger partial charge in [-0.2, -0.15) is 0 Å². The Morgan fingerprint density at radius 2 is 2.29 bits per heavy atom. The second kappa shape index (κ2) is 5.37. The third-order valence-corrected chi connectivity index (χ3v) is 4.83. The summed E-state index contributed by atoms with van der Waals surface area (Å²) < 4.78 is 6.04. The van der Waals surface area contributed by atoms with Crippen LogP contribution in [-0.2, 0) is 4.74 Å². The average Bonchev–Trinajstić information content (AvgIpc) is 3.01. The first kappa shape index (κ1) is 13.2. The summed E-state index contributed by atoms with van der Waals surface area (Å²) in [5.74, 6) is 0. The Morgan fingerprint density at radius 3 is 3.24 bits per heavy atom. The second-order valence-corrected chi connectivity index (χ2v) is 6.14. The average molecular weight is 283 g/mol. The molecule has 0 saturated carbocycles. The highest BCUT2D eigenvalue weighted by atomic mass is 16.5. The highest BCUT2D eigenvalue weighted by molar-refractivity contribution is 5.79.